The third-order valence-corrected chi connectivity index (χ3v) is 6.06. The summed E-state index contributed by atoms with van der Waals surface area (Å²) >= 11 is 12.1. The molecule has 0 heterocycles. The van der Waals surface area contributed by atoms with Crippen molar-refractivity contribution >= 4 is 56.6 Å². The molecule has 0 aliphatic heterocycles. The van der Waals surface area contributed by atoms with Crippen LogP contribution in [0.25, 0.3) is 6.08 Å². The zero-order valence-corrected chi connectivity index (χ0v) is 17.6. The van der Waals surface area contributed by atoms with Gasteiger partial charge in [0.05, 0.1) is 15.7 Å². The Morgan fingerprint density at radius 3 is 2.43 bits per heavy atom. The van der Waals surface area contributed by atoms with E-state index in [4.69, 9.17) is 23.2 Å². The molecule has 3 aromatic rings. The van der Waals surface area contributed by atoms with E-state index in [2.05, 4.69) is 10.0 Å². The van der Waals surface area contributed by atoms with E-state index < -0.39 is 21.7 Å². The molecule has 0 bridgehead atoms. The van der Waals surface area contributed by atoms with Crippen LogP contribution in [0.1, 0.15) is 5.56 Å². The Bertz CT molecular complexity index is 1230. The molecular weight excluding hydrogens is 450 g/mol. The van der Waals surface area contributed by atoms with Gasteiger partial charge in [-0.05, 0) is 54.1 Å². The van der Waals surface area contributed by atoms with Gasteiger partial charge in [-0.15, -0.1) is 0 Å². The lowest BCUT2D eigenvalue weighted by molar-refractivity contribution is -0.111. The molecule has 0 atom stereocenters. The van der Waals surface area contributed by atoms with Crippen molar-refractivity contribution in [1.82, 2.24) is 0 Å². The first-order valence-corrected chi connectivity index (χ1v) is 10.8. The molecule has 0 aliphatic carbocycles. The van der Waals surface area contributed by atoms with Gasteiger partial charge >= 0.3 is 0 Å². The number of para-hydroxylation sites is 1. The van der Waals surface area contributed by atoms with E-state index in [1.54, 1.807) is 24.3 Å². The monoisotopic (exact) mass is 464 g/mol. The van der Waals surface area contributed by atoms with Crippen molar-refractivity contribution < 1.29 is 17.6 Å². The number of nitrogens with one attached hydrogen (secondary N) is 2. The van der Waals surface area contributed by atoms with Crippen LogP contribution in [0.15, 0.2) is 77.7 Å². The minimum Gasteiger partial charge on any atom is -0.322 e. The molecule has 0 fully saturated rings. The lowest BCUT2D eigenvalue weighted by Crippen LogP contribution is -2.15. The molecule has 30 heavy (non-hydrogen) atoms. The second-order valence-corrected chi connectivity index (χ2v) is 8.57. The fraction of sp³-hybridized carbons (Fsp3) is 0. The molecule has 0 aromatic heterocycles. The average molecular weight is 465 g/mol. The molecule has 5 nitrogen and oxygen atoms in total. The summed E-state index contributed by atoms with van der Waals surface area (Å²) in [7, 11) is -4.06. The molecule has 1 amide bonds. The van der Waals surface area contributed by atoms with Crippen LogP contribution in [0.3, 0.4) is 0 Å². The van der Waals surface area contributed by atoms with Gasteiger partial charge in [-0.25, -0.2) is 12.8 Å². The molecule has 9 heteroatoms. The quantitative estimate of drug-likeness (QED) is 0.467. The second-order valence-electron chi connectivity index (χ2n) is 6.11. The summed E-state index contributed by atoms with van der Waals surface area (Å²) in [5, 5.41) is 2.75. The third kappa shape index (κ3) is 5.60. The summed E-state index contributed by atoms with van der Waals surface area (Å²) in [5.41, 5.74) is 0.920. The molecular formula is C21H15Cl2FN2O3S. The van der Waals surface area contributed by atoms with E-state index in [1.165, 1.54) is 54.6 Å². The Hall–Kier alpha value is -2.87. The Balaban J connectivity index is 1.79. The number of benzene rings is 3. The molecule has 0 radical (unpaired) electrons. The van der Waals surface area contributed by atoms with Crippen LogP contribution in [0, 0.1) is 5.82 Å². The molecule has 154 valence electrons. The van der Waals surface area contributed by atoms with E-state index in [0.29, 0.717) is 5.56 Å². The van der Waals surface area contributed by atoms with Crippen LogP contribution in [0.4, 0.5) is 15.8 Å². The normalized spacial score (nSPS) is 11.4. The minimum atomic E-state index is -4.06. The van der Waals surface area contributed by atoms with E-state index >= 15 is 0 Å². The van der Waals surface area contributed by atoms with Crippen LogP contribution >= 0.6 is 23.2 Å². The van der Waals surface area contributed by atoms with Gasteiger partial charge in [-0.1, -0.05) is 47.5 Å². The van der Waals surface area contributed by atoms with E-state index in [1.807, 2.05) is 0 Å². The summed E-state index contributed by atoms with van der Waals surface area (Å²) in [6.45, 7) is 0. The average Bonchev–Trinajstić information content (AvgIpc) is 2.69. The third-order valence-electron chi connectivity index (χ3n) is 3.88. The number of hydrogen-bond donors (Lipinski definition) is 2. The first-order valence-electron chi connectivity index (χ1n) is 8.56. The van der Waals surface area contributed by atoms with Gasteiger partial charge in [0.25, 0.3) is 10.0 Å². The van der Waals surface area contributed by atoms with Crippen molar-refractivity contribution in [2.24, 2.45) is 0 Å². The van der Waals surface area contributed by atoms with Crippen LogP contribution in [-0.2, 0) is 14.8 Å². The number of carbonyl (C=O) groups is 1. The van der Waals surface area contributed by atoms with Crippen molar-refractivity contribution in [2.75, 3.05) is 10.0 Å². The van der Waals surface area contributed by atoms with Gasteiger partial charge < -0.3 is 5.32 Å². The maximum atomic E-state index is 13.2. The van der Waals surface area contributed by atoms with E-state index in [0.717, 1.165) is 0 Å². The van der Waals surface area contributed by atoms with E-state index in [9.17, 15) is 17.6 Å². The number of rotatable bonds is 6. The molecule has 3 rings (SSSR count). The number of hydrogen-bond acceptors (Lipinski definition) is 3. The number of halogens is 3. The summed E-state index contributed by atoms with van der Waals surface area (Å²) < 4.78 is 41.0. The largest absolute Gasteiger partial charge is 0.322 e. The van der Waals surface area contributed by atoms with Gasteiger partial charge in [0.2, 0.25) is 5.91 Å². The van der Waals surface area contributed by atoms with E-state index in [-0.39, 0.29) is 26.3 Å². The predicted octanol–water partition coefficient (Wildman–Crippen LogP) is 5.59. The molecule has 0 unspecified atom stereocenters. The van der Waals surface area contributed by atoms with Crippen molar-refractivity contribution in [3.05, 3.63) is 94.2 Å². The second kappa shape index (κ2) is 9.30. The van der Waals surface area contributed by atoms with Gasteiger partial charge in [0.1, 0.15) is 10.7 Å². The van der Waals surface area contributed by atoms with Crippen molar-refractivity contribution in [3.63, 3.8) is 0 Å². The highest BCUT2D eigenvalue weighted by Crippen LogP contribution is 2.29. The van der Waals surface area contributed by atoms with Gasteiger partial charge in [0, 0.05) is 11.8 Å². The molecule has 0 saturated heterocycles. The summed E-state index contributed by atoms with van der Waals surface area (Å²) in [5.74, 6) is -0.944. The maximum absolute atomic E-state index is 13.2. The highest BCUT2D eigenvalue weighted by atomic mass is 35.5. The van der Waals surface area contributed by atoms with Crippen LogP contribution < -0.4 is 10.0 Å². The molecule has 3 aromatic carbocycles. The van der Waals surface area contributed by atoms with Crippen molar-refractivity contribution in [1.29, 1.82) is 0 Å². The maximum Gasteiger partial charge on any atom is 0.263 e. The van der Waals surface area contributed by atoms with Crippen molar-refractivity contribution in [2.45, 2.75) is 4.90 Å². The van der Waals surface area contributed by atoms with Gasteiger partial charge in [-0.2, -0.15) is 0 Å². The summed E-state index contributed by atoms with van der Waals surface area (Å²) in [4.78, 5) is 11.9. The molecule has 0 saturated carbocycles. The fourth-order valence-electron chi connectivity index (χ4n) is 2.50. The number of carbonyl (C=O) groups excluding carboxylic acids is 1. The summed E-state index contributed by atoms with van der Waals surface area (Å²) in [6, 6.07) is 16.1. The zero-order valence-electron chi connectivity index (χ0n) is 15.3. The Kier molecular flexibility index (Phi) is 6.77. The fourth-order valence-corrected chi connectivity index (χ4v) is 4.34. The lowest BCUT2D eigenvalue weighted by Gasteiger charge is -2.12. The van der Waals surface area contributed by atoms with Crippen LogP contribution in [-0.4, -0.2) is 14.3 Å². The first kappa shape index (κ1) is 21.8. The topological polar surface area (TPSA) is 75.3 Å². The van der Waals surface area contributed by atoms with Crippen LogP contribution in [0.2, 0.25) is 10.0 Å². The van der Waals surface area contributed by atoms with Gasteiger partial charge in [-0.3, -0.25) is 9.52 Å². The minimum absolute atomic E-state index is 0.0251. The number of anilines is 2. The van der Waals surface area contributed by atoms with Crippen LogP contribution in [0.5, 0.6) is 0 Å². The highest BCUT2D eigenvalue weighted by molar-refractivity contribution is 7.92. The standard InChI is InChI=1S/C21H15Cl2FN2O3S/c22-17-6-1-2-7-19(17)26-30(28,29)20-13-16(9-10-18(20)23)25-21(27)11-8-14-4-3-5-15(24)12-14/h1-13,26H,(H,25,27)/b11-8+. The Morgan fingerprint density at radius 2 is 1.70 bits per heavy atom. The highest BCUT2D eigenvalue weighted by Gasteiger charge is 2.20. The number of sulfonamides is 1. The predicted molar refractivity (Wildman–Crippen MR) is 118 cm³/mol. The molecule has 2 N–H and O–H groups in total. The molecule has 0 spiro atoms. The smallest absolute Gasteiger partial charge is 0.263 e. The SMILES string of the molecule is O=C(/C=C/c1cccc(F)c1)Nc1ccc(Cl)c(S(=O)(=O)Nc2ccccc2Cl)c1. The van der Waals surface area contributed by atoms with Crippen molar-refractivity contribution in [3.8, 4) is 0 Å². The Labute approximate surface area is 183 Å². The van der Waals surface area contributed by atoms with Gasteiger partial charge in [0.15, 0.2) is 0 Å². The number of amides is 1. The lowest BCUT2D eigenvalue weighted by atomic mass is 10.2. The summed E-state index contributed by atoms with van der Waals surface area (Å²) in [6.07, 6.45) is 2.64. The zero-order chi connectivity index (χ0) is 21.7. The Morgan fingerprint density at radius 1 is 0.933 bits per heavy atom. The molecule has 0 aliphatic rings. The first-order chi connectivity index (χ1) is 14.2.